The Labute approximate surface area is 198 Å². The van der Waals surface area contributed by atoms with E-state index >= 15 is 0 Å². The summed E-state index contributed by atoms with van der Waals surface area (Å²) in [4.78, 5) is 12.0. The molecule has 1 heterocycles. The molecule has 4 rings (SSSR count). The number of hydroxylamine groups is 1. The highest BCUT2D eigenvalue weighted by Gasteiger charge is 2.43. The summed E-state index contributed by atoms with van der Waals surface area (Å²) < 4.78 is 24.1. The van der Waals surface area contributed by atoms with Crippen molar-refractivity contribution in [1.82, 2.24) is 15.3 Å². The second-order valence-corrected chi connectivity index (χ2v) is 11.5. The topological polar surface area (TPSA) is 122 Å². The van der Waals surface area contributed by atoms with Gasteiger partial charge in [0.05, 0.1) is 5.52 Å². The molecule has 3 aromatic rings. The van der Waals surface area contributed by atoms with Crippen molar-refractivity contribution in [3.8, 4) is 11.8 Å². The molecular weight excluding hydrogens is 454 g/mol. The van der Waals surface area contributed by atoms with Crippen LogP contribution in [-0.2, 0) is 21.2 Å². The van der Waals surface area contributed by atoms with Crippen molar-refractivity contribution in [1.29, 1.82) is 0 Å². The van der Waals surface area contributed by atoms with Gasteiger partial charge in [-0.2, -0.15) is 5.10 Å². The molecule has 178 valence electrons. The molecule has 3 atom stereocenters. The molecule has 1 aromatic heterocycles. The average molecular weight is 482 g/mol. The third-order valence-electron chi connectivity index (χ3n) is 6.62. The number of aromatic nitrogens is 2. The first-order valence-electron chi connectivity index (χ1n) is 11.0. The van der Waals surface area contributed by atoms with Crippen LogP contribution in [0.3, 0.4) is 0 Å². The maximum atomic E-state index is 12.1. The van der Waals surface area contributed by atoms with Crippen LogP contribution < -0.4 is 5.48 Å². The number of nitrogens with zero attached hydrogens (tertiary/aromatic N) is 2. The molecule has 0 spiro atoms. The Hall–Kier alpha value is -3.19. The Balaban J connectivity index is 1.47. The van der Waals surface area contributed by atoms with Crippen LogP contribution in [0.2, 0.25) is 0 Å². The number of hydrogen-bond acceptors (Lipinski definition) is 6. The van der Waals surface area contributed by atoms with Crippen molar-refractivity contribution in [2.24, 2.45) is 5.92 Å². The molecule has 3 N–H and O–H groups in total. The highest BCUT2D eigenvalue weighted by Crippen LogP contribution is 2.46. The lowest BCUT2D eigenvalue weighted by Crippen LogP contribution is -2.49. The second-order valence-electron chi connectivity index (χ2n) is 9.02. The fourth-order valence-electron chi connectivity index (χ4n) is 4.00. The number of carbonyl (C=O) groups is 1. The summed E-state index contributed by atoms with van der Waals surface area (Å²) in [6, 6.07) is 13.7. The van der Waals surface area contributed by atoms with Gasteiger partial charge < -0.3 is 5.11 Å². The zero-order chi connectivity index (χ0) is 24.5. The smallest absolute Gasteiger partial charge is 0.264 e. The van der Waals surface area contributed by atoms with Crippen LogP contribution in [0.25, 0.3) is 10.9 Å². The first kappa shape index (κ1) is 24.0. The maximum absolute atomic E-state index is 12.1. The number of aryl methyl sites for hydroxylation is 1. The Bertz CT molecular complexity index is 1390. The lowest BCUT2D eigenvalue weighted by atomic mass is 10.1. The molecule has 1 fully saturated rings. The van der Waals surface area contributed by atoms with Crippen LogP contribution >= 0.6 is 0 Å². The molecule has 0 bridgehead atoms. The van der Waals surface area contributed by atoms with E-state index in [-0.39, 0.29) is 19.6 Å². The molecule has 9 heteroatoms. The fourth-order valence-corrected chi connectivity index (χ4v) is 4.84. The van der Waals surface area contributed by atoms with E-state index in [1.54, 1.807) is 10.9 Å². The van der Waals surface area contributed by atoms with Crippen LogP contribution in [0.15, 0.2) is 48.7 Å². The van der Waals surface area contributed by atoms with Crippen molar-refractivity contribution >= 4 is 26.6 Å². The molecule has 1 saturated carbocycles. The van der Waals surface area contributed by atoms with E-state index in [0.29, 0.717) is 11.8 Å². The predicted octanol–water partition coefficient (Wildman–Crippen LogP) is 2.23. The maximum Gasteiger partial charge on any atom is 0.264 e. The second kappa shape index (κ2) is 9.22. The third kappa shape index (κ3) is 4.85. The normalized spacial score (nSPS) is 19.2. The number of nitrogens with one attached hydrogen (secondary N) is 1. The summed E-state index contributed by atoms with van der Waals surface area (Å²) in [5.41, 5.74) is 5.14. The number of hydrogen-bond donors (Lipinski definition) is 3. The van der Waals surface area contributed by atoms with Gasteiger partial charge in [-0.1, -0.05) is 24.0 Å². The van der Waals surface area contributed by atoms with E-state index in [9.17, 15) is 18.3 Å². The van der Waals surface area contributed by atoms with Gasteiger partial charge in [-0.3, -0.25) is 14.7 Å². The van der Waals surface area contributed by atoms with Gasteiger partial charge in [-0.15, -0.1) is 0 Å². The van der Waals surface area contributed by atoms with E-state index in [1.165, 1.54) is 18.0 Å². The molecule has 0 saturated heterocycles. The van der Waals surface area contributed by atoms with Gasteiger partial charge >= 0.3 is 0 Å². The fraction of sp³-hybridized carbons (Fsp3) is 0.360. The zero-order valence-corrected chi connectivity index (χ0v) is 19.8. The van der Waals surface area contributed by atoms with Crippen LogP contribution in [0.5, 0.6) is 0 Å². The van der Waals surface area contributed by atoms with Gasteiger partial charge in [0.15, 0.2) is 14.6 Å². The van der Waals surface area contributed by atoms with Crippen molar-refractivity contribution in [3.05, 3.63) is 65.4 Å². The number of amides is 1. The van der Waals surface area contributed by atoms with Crippen molar-refractivity contribution < 1.29 is 23.5 Å². The monoisotopic (exact) mass is 481 g/mol. The molecule has 2 unspecified atom stereocenters. The number of benzene rings is 2. The number of fused-ring (bicyclic) bond motifs is 1. The zero-order valence-electron chi connectivity index (χ0n) is 19.0. The minimum Gasteiger partial charge on any atom is -0.396 e. The molecule has 1 amide bonds. The van der Waals surface area contributed by atoms with Crippen molar-refractivity contribution in [2.75, 3.05) is 12.9 Å². The van der Waals surface area contributed by atoms with E-state index in [4.69, 9.17) is 5.21 Å². The highest BCUT2D eigenvalue weighted by atomic mass is 32.2. The van der Waals surface area contributed by atoms with Gasteiger partial charge in [0, 0.05) is 42.1 Å². The van der Waals surface area contributed by atoms with Gasteiger partial charge in [0.1, 0.15) is 0 Å². The number of sulfone groups is 1. The van der Waals surface area contributed by atoms with Crippen LogP contribution in [-0.4, -0.2) is 52.0 Å². The summed E-state index contributed by atoms with van der Waals surface area (Å²) in [6.07, 6.45) is 3.74. The molecule has 1 aliphatic carbocycles. The highest BCUT2D eigenvalue weighted by molar-refractivity contribution is 7.92. The summed E-state index contributed by atoms with van der Waals surface area (Å²) >= 11 is 0. The molecule has 34 heavy (non-hydrogen) atoms. The van der Waals surface area contributed by atoms with Crippen LogP contribution in [0.1, 0.15) is 42.4 Å². The number of aliphatic hydroxyl groups is 1. The Morgan fingerprint density at radius 1 is 1.21 bits per heavy atom. The summed E-state index contributed by atoms with van der Waals surface area (Å²) in [5.74, 6) is 6.20. The standard InChI is InChI=1S/C25H27N3O5S/c1-25(24(30)27-31,34(2,32)33)11-12-28-15-20-13-18(7-10-23(20)26-28)4-3-17-5-8-19(9-6-17)22-14-21(22)16-29/h5-10,13,15,21-22,29,31H,11-12,14,16H2,1-2H3,(H,27,30)/t21-,22?,25?/m0/s1. The number of carbonyl (C=O) groups excluding carboxylic acids is 1. The van der Waals surface area contributed by atoms with Gasteiger partial charge in [-0.05, 0) is 67.5 Å². The van der Waals surface area contributed by atoms with Crippen molar-refractivity contribution in [2.45, 2.75) is 37.0 Å². The van der Waals surface area contributed by atoms with Gasteiger partial charge in [-0.25, -0.2) is 13.9 Å². The first-order chi connectivity index (χ1) is 16.1. The Kier molecular flexibility index (Phi) is 6.49. The average Bonchev–Trinajstić information content (AvgIpc) is 3.50. The van der Waals surface area contributed by atoms with E-state index < -0.39 is 20.5 Å². The van der Waals surface area contributed by atoms with Crippen molar-refractivity contribution in [3.63, 3.8) is 0 Å². The van der Waals surface area contributed by atoms with Gasteiger partial charge in [0.2, 0.25) is 0 Å². The minimum absolute atomic E-state index is 0.0468. The van der Waals surface area contributed by atoms with Crippen LogP contribution in [0, 0.1) is 17.8 Å². The summed E-state index contributed by atoms with van der Waals surface area (Å²) in [6.45, 7) is 1.70. The largest absolute Gasteiger partial charge is 0.396 e. The number of rotatable bonds is 7. The molecule has 2 aromatic carbocycles. The molecule has 8 nitrogen and oxygen atoms in total. The van der Waals surface area contributed by atoms with E-state index in [2.05, 4.69) is 29.1 Å². The number of aliphatic hydroxyl groups excluding tert-OH is 1. The summed E-state index contributed by atoms with van der Waals surface area (Å²) in [5, 5.41) is 23.5. The quantitative estimate of drug-likeness (QED) is 0.270. The minimum atomic E-state index is -3.77. The third-order valence-corrected chi connectivity index (χ3v) is 8.64. The molecule has 0 aliphatic heterocycles. The molecule has 1 aliphatic rings. The summed E-state index contributed by atoms with van der Waals surface area (Å²) in [7, 11) is -3.77. The van der Waals surface area contributed by atoms with Gasteiger partial charge in [0.25, 0.3) is 5.91 Å². The lowest BCUT2D eigenvalue weighted by molar-refractivity contribution is -0.131. The Morgan fingerprint density at radius 3 is 2.50 bits per heavy atom. The van der Waals surface area contributed by atoms with E-state index in [1.807, 2.05) is 30.3 Å². The van der Waals surface area contributed by atoms with E-state index in [0.717, 1.165) is 34.7 Å². The Morgan fingerprint density at radius 2 is 1.88 bits per heavy atom. The first-order valence-corrected chi connectivity index (χ1v) is 12.9. The molecular formula is C25H27N3O5S. The van der Waals surface area contributed by atoms with Crippen LogP contribution in [0.4, 0.5) is 0 Å². The SMILES string of the molecule is CC(CCn1cc2cc(C#Cc3ccc(C4C[C@H]4CO)cc3)ccc2n1)(C(=O)NO)S(C)(=O)=O. The lowest BCUT2D eigenvalue weighted by Gasteiger charge is -2.24. The molecule has 0 radical (unpaired) electrons. The predicted molar refractivity (Wildman–Crippen MR) is 128 cm³/mol.